The molecule has 35 heavy (non-hydrogen) atoms. The average molecular weight is 487 g/mol. The van der Waals surface area contributed by atoms with E-state index >= 15 is 0 Å². The van der Waals surface area contributed by atoms with Crippen molar-refractivity contribution in [1.29, 1.82) is 0 Å². The molecule has 0 amide bonds. The van der Waals surface area contributed by atoms with Gasteiger partial charge in [-0.25, -0.2) is 0 Å². The fourth-order valence-electron chi connectivity index (χ4n) is 9.45. The van der Waals surface area contributed by atoms with E-state index in [0.29, 0.717) is 38.0 Å². The summed E-state index contributed by atoms with van der Waals surface area (Å²) in [6.45, 7) is 14.5. The highest BCUT2D eigenvalue weighted by Crippen LogP contribution is 2.76. The second kappa shape index (κ2) is 7.23. The van der Waals surface area contributed by atoms with Crippen LogP contribution in [0.2, 0.25) is 0 Å². The number of fused-ring (bicyclic) bond motifs is 4. The Morgan fingerprint density at radius 1 is 1.06 bits per heavy atom. The van der Waals surface area contributed by atoms with Crippen LogP contribution in [0.15, 0.2) is 23.3 Å². The Hall–Kier alpha value is -1.17. The van der Waals surface area contributed by atoms with Gasteiger partial charge in [-0.2, -0.15) is 0 Å². The number of allylic oxidation sites excluding steroid dienone is 4. The summed E-state index contributed by atoms with van der Waals surface area (Å²) in [7, 11) is 0. The molecule has 196 valence electrons. The third-order valence-corrected chi connectivity index (χ3v) is 11.8. The third kappa shape index (κ3) is 2.95. The molecule has 5 aliphatic rings. The summed E-state index contributed by atoms with van der Waals surface area (Å²) in [5.41, 5.74) is -2.09. The summed E-state index contributed by atoms with van der Waals surface area (Å²) in [6, 6.07) is 0. The minimum Gasteiger partial charge on any atom is -0.456 e. The predicted octanol–water partition coefficient (Wildman–Crippen LogP) is 5.22. The number of carbonyl (C=O) groups is 1. The summed E-state index contributed by atoms with van der Waals surface area (Å²) in [5, 5.41) is 33.4. The molecule has 1 saturated heterocycles. The molecule has 0 aromatic heterocycles. The Morgan fingerprint density at radius 2 is 1.74 bits per heavy atom. The van der Waals surface area contributed by atoms with Crippen LogP contribution < -0.4 is 0 Å². The molecule has 0 aromatic carbocycles. The van der Waals surface area contributed by atoms with Gasteiger partial charge in [-0.1, -0.05) is 39.8 Å². The second-order valence-corrected chi connectivity index (χ2v) is 14.4. The van der Waals surface area contributed by atoms with Crippen LogP contribution in [0.4, 0.5) is 0 Å². The van der Waals surface area contributed by atoms with Gasteiger partial charge >= 0.3 is 5.97 Å². The first-order chi connectivity index (χ1) is 16.0. The molecule has 5 rings (SSSR count). The highest BCUT2D eigenvalue weighted by atomic mass is 16.6. The highest BCUT2D eigenvalue weighted by molar-refractivity contribution is 5.86. The first-order valence-corrected chi connectivity index (χ1v) is 13.8. The molecule has 0 radical (unpaired) electrons. The van der Waals surface area contributed by atoms with Gasteiger partial charge in [0.05, 0.1) is 11.7 Å². The molecule has 3 fully saturated rings. The Labute approximate surface area is 211 Å². The number of rotatable bonds is 4. The van der Waals surface area contributed by atoms with E-state index in [1.807, 2.05) is 6.92 Å². The summed E-state index contributed by atoms with van der Waals surface area (Å²) >= 11 is 0. The van der Waals surface area contributed by atoms with Gasteiger partial charge in [0.2, 0.25) is 0 Å². The Balaban J connectivity index is 1.55. The number of esters is 1. The molecule has 1 heterocycles. The molecule has 7 atom stereocenters. The van der Waals surface area contributed by atoms with Crippen molar-refractivity contribution in [1.82, 2.24) is 0 Å². The Bertz CT molecular complexity index is 1000. The van der Waals surface area contributed by atoms with Gasteiger partial charge in [0.25, 0.3) is 0 Å². The van der Waals surface area contributed by atoms with Gasteiger partial charge in [0.15, 0.2) is 0 Å². The molecule has 5 nitrogen and oxygen atoms in total. The standard InChI is InChI=1S/C30H46O5/c1-24(2,33)13-8-14-28(7)30(34)18-17-27(6)20-9-10-21-25(3,4)22(31)12-15-26(21,5)19(20)11-16-29(27,30)23(32)35-28/h9,11,21-22,31,33-34H,8,10,12-18H2,1-7H3. The quantitative estimate of drug-likeness (QED) is 0.474. The number of cyclic esters (lactones) is 1. The van der Waals surface area contributed by atoms with Crippen LogP contribution in [0.25, 0.3) is 0 Å². The summed E-state index contributed by atoms with van der Waals surface area (Å²) in [4.78, 5) is 13.9. The topological polar surface area (TPSA) is 87.0 Å². The van der Waals surface area contributed by atoms with Gasteiger partial charge < -0.3 is 20.1 Å². The molecule has 0 aromatic rings. The van der Waals surface area contributed by atoms with Crippen LogP contribution in [0, 0.1) is 27.6 Å². The number of aliphatic hydroxyl groups excluding tert-OH is 1. The SMILES string of the molecule is CC(C)(O)CCCC1(C)OC(=O)C23CC=C4C(=CCC5C4(C)CCC(O)C5(C)C)C2(C)CCC13O. The third-order valence-electron chi connectivity index (χ3n) is 11.8. The lowest BCUT2D eigenvalue weighted by Gasteiger charge is -2.60. The van der Waals surface area contributed by atoms with Crippen molar-refractivity contribution < 1.29 is 24.9 Å². The smallest absolute Gasteiger partial charge is 0.317 e. The van der Waals surface area contributed by atoms with Crippen molar-refractivity contribution in [3.8, 4) is 0 Å². The predicted molar refractivity (Wildman–Crippen MR) is 135 cm³/mol. The molecule has 3 N–H and O–H groups in total. The van der Waals surface area contributed by atoms with Crippen molar-refractivity contribution in [3.63, 3.8) is 0 Å². The molecular formula is C30H46O5. The van der Waals surface area contributed by atoms with E-state index in [0.717, 1.165) is 25.7 Å². The molecule has 1 spiro atoms. The van der Waals surface area contributed by atoms with Crippen molar-refractivity contribution >= 4 is 5.97 Å². The first kappa shape index (κ1) is 25.5. The summed E-state index contributed by atoms with van der Waals surface area (Å²) in [6.07, 6.45) is 10.5. The van der Waals surface area contributed by atoms with Crippen LogP contribution >= 0.6 is 0 Å². The van der Waals surface area contributed by atoms with E-state index in [1.165, 1.54) is 11.1 Å². The highest BCUT2D eigenvalue weighted by Gasteiger charge is 2.82. The van der Waals surface area contributed by atoms with E-state index in [9.17, 15) is 20.1 Å². The normalized spacial score (nSPS) is 48.2. The van der Waals surface area contributed by atoms with E-state index in [2.05, 4.69) is 39.8 Å². The minimum absolute atomic E-state index is 0.0450. The van der Waals surface area contributed by atoms with Gasteiger partial charge in [0, 0.05) is 5.41 Å². The lowest BCUT2D eigenvalue weighted by atomic mass is 9.43. The molecule has 4 aliphatic carbocycles. The van der Waals surface area contributed by atoms with Crippen molar-refractivity contribution in [2.45, 2.75) is 129 Å². The molecule has 2 saturated carbocycles. The van der Waals surface area contributed by atoms with E-state index < -0.39 is 27.6 Å². The maximum absolute atomic E-state index is 13.9. The molecular weight excluding hydrogens is 440 g/mol. The summed E-state index contributed by atoms with van der Waals surface area (Å²) < 4.78 is 6.16. The number of hydrogen-bond acceptors (Lipinski definition) is 5. The zero-order chi connectivity index (χ0) is 25.9. The molecule has 5 heteroatoms. The lowest BCUT2D eigenvalue weighted by Crippen LogP contribution is -2.61. The molecule has 1 aliphatic heterocycles. The van der Waals surface area contributed by atoms with E-state index in [1.54, 1.807) is 13.8 Å². The van der Waals surface area contributed by atoms with Crippen LogP contribution in [-0.4, -0.2) is 44.2 Å². The van der Waals surface area contributed by atoms with Crippen LogP contribution in [-0.2, 0) is 9.53 Å². The van der Waals surface area contributed by atoms with Crippen molar-refractivity contribution in [2.75, 3.05) is 0 Å². The van der Waals surface area contributed by atoms with Gasteiger partial charge in [-0.15, -0.1) is 0 Å². The summed E-state index contributed by atoms with van der Waals surface area (Å²) in [5.74, 6) is 0.0861. The first-order valence-electron chi connectivity index (χ1n) is 13.8. The van der Waals surface area contributed by atoms with E-state index in [4.69, 9.17) is 4.74 Å². The lowest BCUT2D eigenvalue weighted by molar-refractivity contribution is -0.158. The number of aliphatic hydroxyl groups is 3. The monoisotopic (exact) mass is 486 g/mol. The zero-order valence-corrected chi connectivity index (χ0v) is 22.8. The van der Waals surface area contributed by atoms with Crippen molar-refractivity contribution in [2.24, 2.45) is 27.6 Å². The van der Waals surface area contributed by atoms with Crippen LogP contribution in [0.3, 0.4) is 0 Å². The fraction of sp³-hybridized carbons (Fsp3) is 0.833. The number of ether oxygens (including phenoxy) is 1. The van der Waals surface area contributed by atoms with Crippen molar-refractivity contribution in [3.05, 3.63) is 23.3 Å². The number of hydrogen-bond donors (Lipinski definition) is 3. The average Bonchev–Trinajstić information content (AvgIpc) is 3.09. The Morgan fingerprint density at radius 3 is 2.40 bits per heavy atom. The van der Waals surface area contributed by atoms with Gasteiger partial charge in [0.1, 0.15) is 16.6 Å². The maximum atomic E-state index is 13.9. The largest absolute Gasteiger partial charge is 0.456 e. The second-order valence-electron chi connectivity index (χ2n) is 14.4. The van der Waals surface area contributed by atoms with Gasteiger partial charge in [-0.05, 0) is 106 Å². The van der Waals surface area contributed by atoms with Gasteiger partial charge in [-0.3, -0.25) is 4.79 Å². The maximum Gasteiger partial charge on any atom is 0.317 e. The number of carbonyl (C=O) groups excluding carboxylic acids is 1. The zero-order valence-electron chi connectivity index (χ0n) is 22.8. The van der Waals surface area contributed by atoms with E-state index in [-0.39, 0.29) is 22.9 Å². The van der Waals surface area contributed by atoms with Crippen LogP contribution in [0.5, 0.6) is 0 Å². The minimum atomic E-state index is -1.24. The van der Waals surface area contributed by atoms with Crippen LogP contribution in [0.1, 0.15) is 106 Å². The molecule has 0 bridgehead atoms. The fourth-order valence-corrected chi connectivity index (χ4v) is 9.45. The Kier molecular flexibility index (Phi) is 5.26. The molecule has 7 unspecified atom stereocenters.